The summed E-state index contributed by atoms with van der Waals surface area (Å²) in [5.74, 6) is 0.633. The van der Waals surface area contributed by atoms with Crippen molar-refractivity contribution in [3.63, 3.8) is 0 Å². The molecular weight excluding hydrogens is 333 g/mol. The normalized spacial score (nSPS) is 17.2. The Kier molecular flexibility index (Phi) is 4.15. The van der Waals surface area contributed by atoms with Crippen molar-refractivity contribution in [2.24, 2.45) is 0 Å². The number of ether oxygens (including phenoxy) is 1. The van der Waals surface area contributed by atoms with Gasteiger partial charge in [0, 0.05) is 5.69 Å². The minimum absolute atomic E-state index is 0.237. The zero-order valence-electron chi connectivity index (χ0n) is 11.8. The summed E-state index contributed by atoms with van der Waals surface area (Å²) in [6.45, 7) is 0. The van der Waals surface area contributed by atoms with Crippen molar-refractivity contribution >= 4 is 21.6 Å². The van der Waals surface area contributed by atoms with E-state index in [-0.39, 0.29) is 11.9 Å². The summed E-state index contributed by atoms with van der Waals surface area (Å²) in [5, 5.41) is 3.50. The van der Waals surface area contributed by atoms with Crippen molar-refractivity contribution in [3.05, 3.63) is 57.8 Å². The molecule has 4 heteroatoms. The fourth-order valence-corrected chi connectivity index (χ4v) is 3.22. The van der Waals surface area contributed by atoms with E-state index in [1.807, 2.05) is 6.07 Å². The summed E-state index contributed by atoms with van der Waals surface area (Å²) < 4.78 is 19.1. The van der Waals surface area contributed by atoms with E-state index in [9.17, 15) is 4.39 Å². The van der Waals surface area contributed by atoms with E-state index >= 15 is 0 Å². The number of nitrogens with one attached hydrogen (secondary N) is 1. The molecule has 0 fully saturated rings. The van der Waals surface area contributed by atoms with Gasteiger partial charge in [0.25, 0.3) is 0 Å². The van der Waals surface area contributed by atoms with Gasteiger partial charge in [0.2, 0.25) is 0 Å². The molecule has 1 unspecified atom stereocenters. The SMILES string of the molecule is COc1ccc2c(c1)C(Nc1ccc(F)c(Br)c1)CCC2. The highest BCUT2D eigenvalue weighted by molar-refractivity contribution is 9.10. The second kappa shape index (κ2) is 6.06. The van der Waals surface area contributed by atoms with Gasteiger partial charge in [-0.15, -0.1) is 0 Å². The second-order valence-corrected chi connectivity index (χ2v) is 6.14. The lowest BCUT2D eigenvalue weighted by Gasteiger charge is -2.27. The molecule has 110 valence electrons. The average molecular weight is 350 g/mol. The zero-order valence-corrected chi connectivity index (χ0v) is 13.4. The molecule has 21 heavy (non-hydrogen) atoms. The van der Waals surface area contributed by atoms with Crippen LogP contribution in [0, 0.1) is 5.82 Å². The first kappa shape index (κ1) is 14.4. The quantitative estimate of drug-likeness (QED) is 0.833. The van der Waals surface area contributed by atoms with Gasteiger partial charge in [-0.05, 0) is 76.7 Å². The molecule has 0 spiro atoms. The molecule has 2 aromatic carbocycles. The van der Waals surface area contributed by atoms with Gasteiger partial charge < -0.3 is 10.1 Å². The van der Waals surface area contributed by atoms with Gasteiger partial charge in [-0.25, -0.2) is 4.39 Å². The van der Waals surface area contributed by atoms with Crippen molar-refractivity contribution in [1.29, 1.82) is 0 Å². The van der Waals surface area contributed by atoms with Crippen molar-refractivity contribution in [1.82, 2.24) is 0 Å². The van der Waals surface area contributed by atoms with Crippen LogP contribution in [0.3, 0.4) is 0 Å². The standard InChI is InChI=1S/C17H17BrFNO/c1-21-13-7-5-11-3-2-4-17(14(11)10-13)20-12-6-8-16(19)15(18)9-12/h5-10,17,20H,2-4H2,1H3. The number of fused-ring (bicyclic) bond motifs is 1. The fraction of sp³-hybridized carbons (Fsp3) is 0.294. The first-order chi connectivity index (χ1) is 10.2. The van der Waals surface area contributed by atoms with Crippen LogP contribution in [0.25, 0.3) is 0 Å². The van der Waals surface area contributed by atoms with Crippen LogP contribution in [-0.4, -0.2) is 7.11 Å². The molecule has 0 aromatic heterocycles. The third-order valence-corrected chi connectivity index (χ3v) is 4.54. The minimum Gasteiger partial charge on any atom is -0.497 e. The molecule has 1 aliphatic rings. The Balaban J connectivity index is 1.88. The molecular formula is C17H17BrFNO. The molecule has 0 heterocycles. The van der Waals surface area contributed by atoms with Crippen LogP contribution in [0.5, 0.6) is 5.75 Å². The summed E-state index contributed by atoms with van der Waals surface area (Å²) in [5.41, 5.74) is 3.56. The Morgan fingerprint density at radius 1 is 1.24 bits per heavy atom. The summed E-state index contributed by atoms with van der Waals surface area (Å²) in [6.07, 6.45) is 3.32. The molecule has 0 bridgehead atoms. The lowest BCUT2D eigenvalue weighted by molar-refractivity contribution is 0.413. The van der Waals surface area contributed by atoms with E-state index in [0.29, 0.717) is 4.47 Å². The first-order valence-electron chi connectivity index (χ1n) is 7.06. The maximum Gasteiger partial charge on any atom is 0.137 e. The highest BCUT2D eigenvalue weighted by Crippen LogP contribution is 2.35. The van der Waals surface area contributed by atoms with Crippen molar-refractivity contribution in [2.75, 3.05) is 12.4 Å². The molecule has 2 nitrogen and oxygen atoms in total. The Hall–Kier alpha value is -1.55. The number of hydrogen-bond acceptors (Lipinski definition) is 2. The number of hydrogen-bond donors (Lipinski definition) is 1. The van der Waals surface area contributed by atoms with E-state index in [1.165, 1.54) is 17.2 Å². The number of halogens is 2. The topological polar surface area (TPSA) is 21.3 Å². The average Bonchev–Trinajstić information content (AvgIpc) is 2.51. The van der Waals surface area contributed by atoms with E-state index in [0.717, 1.165) is 30.7 Å². The van der Waals surface area contributed by atoms with Crippen LogP contribution in [0.1, 0.15) is 30.0 Å². The summed E-state index contributed by atoms with van der Waals surface area (Å²) in [7, 11) is 1.68. The molecule has 1 aliphatic carbocycles. The van der Waals surface area contributed by atoms with Crippen LogP contribution in [0.2, 0.25) is 0 Å². The van der Waals surface area contributed by atoms with Crippen LogP contribution in [0.4, 0.5) is 10.1 Å². The Morgan fingerprint density at radius 2 is 2.10 bits per heavy atom. The molecule has 0 radical (unpaired) electrons. The van der Waals surface area contributed by atoms with Gasteiger partial charge in [-0.1, -0.05) is 6.07 Å². The Labute approximate surface area is 132 Å². The summed E-state index contributed by atoms with van der Waals surface area (Å²) >= 11 is 3.23. The third kappa shape index (κ3) is 3.05. The molecule has 3 rings (SSSR count). The Bertz CT molecular complexity index is 659. The summed E-state index contributed by atoms with van der Waals surface area (Å²) in [6, 6.07) is 11.5. The van der Waals surface area contributed by atoms with E-state index in [4.69, 9.17) is 4.74 Å². The van der Waals surface area contributed by atoms with Gasteiger partial charge in [-0.3, -0.25) is 0 Å². The predicted molar refractivity (Wildman–Crippen MR) is 86.4 cm³/mol. The van der Waals surface area contributed by atoms with Crippen molar-refractivity contribution < 1.29 is 9.13 Å². The fourth-order valence-electron chi connectivity index (χ4n) is 2.84. The van der Waals surface area contributed by atoms with E-state index in [1.54, 1.807) is 19.2 Å². The number of anilines is 1. The second-order valence-electron chi connectivity index (χ2n) is 5.28. The lowest BCUT2D eigenvalue weighted by atomic mass is 9.87. The lowest BCUT2D eigenvalue weighted by Crippen LogP contribution is -2.17. The van der Waals surface area contributed by atoms with E-state index in [2.05, 4.69) is 33.4 Å². The van der Waals surface area contributed by atoms with Gasteiger partial charge in [0.15, 0.2) is 0 Å². The number of rotatable bonds is 3. The highest BCUT2D eigenvalue weighted by atomic mass is 79.9. The van der Waals surface area contributed by atoms with Crippen molar-refractivity contribution in [2.45, 2.75) is 25.3 Å². The smallest absolute Gasteiger partial charge is 0.137 e. The molecule has 0 amide bonds. The Morgan fingerprint density at radius 3 is 2.86 bits per heavy atom. The maximum atomic E-state index is 13.3. The van der Waals surface area contributed by atoms with Gasteiger partial charge in [0.05, 0.1) is 17.6 Å². The molecule has 0 saturated heterocycles. The minimum atomic E-state index is -0.244. The number of benzene rings is 2. The number of aryl methyl sites for hydroxylation is 1. The zero-order chi connectivity index (χ0) is 14.8. The predicted octanol–water partition coefficient (Wildman–Crippen LogP) is 5.09. The van der Waals surface area contributed by atoms with Crippen molar-refractivity contribution in [3.8, 4) is 5.75 Å². The monoisotopic (exact) mass is 349 g/mol. The highest BCUT2D eigenvalue weighted by Gasteiger charge is 2.21. The largest absolute Gasteiger partial charge is 0.497 e. The van der Waals surface area contributed by atoms with Crippen LogP contribution < -0.4 is 10.1 Å². The molecule has 1 atom stereocenters. The summed E-state index contributed by atoms with van der Waals surface area (Å²) in [4.78, 5) is 0. The maximum absolute atomic E-state index is 13.3. The molecule has 2 aromatic rings. The van der Waals surface area contributed by atoms with Crippen LogP contribution in [0.15, 0.2) is 40.9 Å². The third-order valence-electron chi connectivity index (χ3n) is 3.93. The number of methoxy groups -OCH3 is 1. The van der Waals surface area contributed by atoms with Gasteiger partial charge in [-0.2, -0.15) is 0 Å². The molecule has 0 saturated carbocycles. The first-order valence-corrected chi connectivity index (χ1v) is 7.85. The van der Waals surface area contributed by atoms with Crippen LogP contribution >= 0.6 is 15.9 Å². The molecule has 1 N–H and O–H groups in total. The van der Waals surface area contributed by atoms with E-state index < -0.39 is 0 Å². The van der Waals surface area contributed by atoms with Gasteiger partial charge >= 0.3 is 0 Å². The van der Waals surface area contributed by atoms with Crippen LogP contribution in [-0.2, 0) is 6.42 Å². The van der Waals surface area contributed by atoms with Gasteiger partial charge in [0.1, 0.15) is 11.6 Å². The molecule has 0 aliphatic heterocycles.